The summed E-state index contributed by atoms with van der Waals surface area (Å²) in [6.07, 6.45) is 2.99. The molecule has 1 rings (SSSR count). The third-order valence-electron chi connectivity index (χ3n) is 2.36. The minimum Gasteiger partial charge on any atom is -0.391 e. The largest absolute Gasteiger partial charge is 0.391 e. The molecule has 18 heavy (non-hydrogen) atoms. The summed E-state index contributed by atoms with van der Waals surface area (Å²) in [6.45, 7) is 6.32. The molecule has 4 nitrogen and oxygen atoms in total. The highest BCUT2D eigenvalue weighted by atomic mass is 35.5. The normalized spacial score (nSPS) is 13.2. The van der Waals surface area contributed by atoms with Crippen LogP contribution in [0.15, 0.2) is 18.5 Å². The van der Waals surface area contributed by atoms with E-state index in [2.05, 4.69) is 10.3 Å². The van der Waals surface area contributed by atoms with Gasteiger partial charge >= 0.3 is 0 Å². The molecule has 1 amide bonds. The van der Waals surface area contributed by atoms with Crippen molar-refractivity contribution >= 4 is 17.5 Å². The molecule has 0 bridgehead atoms. The molecule has 1 atom stereocenters. The van der Waals surface area contributed by atoms with E-state index in [0.717, 1.165) is 0 Å². The summed E-state index contributed by atoms with van der Waals surface area (Å²) in [4.78, 5) is 15.6. The van der Waals surface area contributed by atoms with Gasteiger partial charge in [0.1, 0.15) is 0 Å². The van der Waals surface area contributed by atoms with Crippen LogP contribution in [0.3, 0.4) is 0 Å². The van der Waals surface area contributed by atoms with Gasteiger partial charge in [0.25, 0.3) is 5.91 Å². The van der Waals surface area contributed by atoms with Gasteiger partial charge in [-0.1, -0.05) is 32.4 Å². The Morgan fingerprint density at radius 3 is 2.78 bits per heavy atom. The van der Waals surface area contributed by atoms with E-state index in [1.807, 2.05) is 20.8 Å². The van der Waals surface area contributed by atoms with Crippen LogP contribution in [0.4, 0.5) is 0 Å². The number of nitrogens with zero attached hydrogens (tertiary/aromatic N) is 1. The molecule has 0 saturated heterocycles. The van der Waals surface area contributed by atoms with E-state index in [1.165, 1.54) is 12.4 Å². The number of aliphatic hydroxyl groups is 1. The van der Waals surface area contributed by atoms with Crippen LogP contribution in [-0.4, -0.2) is 28.6 Å². The lowest BCUT2D eigenvalue weighted by atomic mass is 9.89. The standard InChI is InChI=1S/C13H19ClN2O2/c1-13(2,3)6-9(17)7-16-12(18)10-8-15-5-4-11(10)14/h4-5,8-9,17H,6-7H2,1-3H3,(H,16,18). The monoisotopic (exact) mass is 270 g/mol. The summed E-state index contributed by atoms with van der Waals surface area (Å²) in [5.74, 6) is -0.318. The van der Waals surface area contributed by atoms with Crippen LogP contribution in [-0.2, 0) is 0 Å². The van der Waals surface area contributed by atoms with E-state index >= 15 is 0 Å². The first-order chi connectivity index (χ1) is 8.29. The lowest BCUT2D eigenvalue weighted by molar-refractivity contribution is 0.0868. The summed E-state index contributed by atoms with van der Waals surface area (Å²) in [5.41, 5.74) is 0.345. The van der Waals surface area contributed by atoms with E-state index in [0.29, 0.717) is 17.0 Å². The van der Waals surface area contributed by atoms with Crippen LogP contribution in [0, 0.1) is 5.41 Å². The smallest absolute Gasteiger partial charge is 0.254 e. The van der Waals surface area contributed by atoms with Crippen molar-refractivity contribution in [2.45, 2.75) is 33.3 Å². The van der Waals surface area contributed by atoms with Gasteiger partial charge in [0.05, 0.1) is 16.7 Å². The van der Waals surface area contributed by atoms with Gasteiger partial charge in [0.15, 0.2) is 0 Å². The number of amides is 1. The minimum atomic E-state index is -0.565. The number of hydrogen-bond donors (Lipinski definition) is 2. The van der Waals surface area contributed by atoms with E-state index in [1.54, 1.807) is 6.07 Å². The lowest BCUT2D eigenvalue weighted by Gasteiger charge is -2.22. The zero-order chi connectivity index (χ0) is 13.8. The van der Waals surface area contributed by atoms with Crippen molar-refractivity contribution in [1.82, 2.24) is 10.3 Å². The fourth-order valence-corrected chi connectivity index (χ4v) is 1.82. The summed E-state index contributed by atoms with van der Waals surface area (Å²) in [6, 6.07) is 1.56. The number of hydrogen-bond acceptors (Lipinski definition) is 3. The highest BCUT2D eigenvalue weighted by molar-refractivity contribution is 6.33. The molecule has 0 spiro atoms. The molecule has 1 unspecified atom stereocenters. The molecule has 1 aromatic rings. The molecule has 1 heterocycles. The third-order valence-corrected chi connectivity index (χ3v) is 2.69. The van der Waals surface area contributed by atoms with Crippen molar-refractivity contribution in [3.05, 3.63) is 29.0 Å². The van der Waals surface area contributed by atoms with Gasteiger partial charge in [0.2, 0.25) is 0 Å². The first-order valence-electron chi connectivity index (χ1n) is 5.85. The zero-order valence-corrected chi connectivity index (χ0v) is 11.7. The van der Waals surface area contributed by atoms with Gasteiger partial charge in [-0.15, -0.1) is 0 Å². The van der Waals surface area contributed by atoms with E-state index in [4.69, 9.17) is 11.6 Å². The summed E-state index contributed by atoms with van der Waals surface area (Å²) in [7, 11) is 0. The first kappa shape index (κ1) is 14.9. The maximum atomic E-state index is 11.8. The molecule has 0 aliphatic rings. The fraction of sp³-hybridized carbons (Fsp3) is 0.538. The number of halogens is 1. The predicted molar refractivity (Wildman–Crippen MR) is 71.7 cm³/mol. The van der Waals surface area contributed by atoms with E-state index in [-0.39, 0.29) is 17.9 Å². The summed E-state index contributed by atoms with van der Waals surface area (Å²) < 4.78 is 0. The second-order valence-electron chi connectivity index (χ2n) is 5.48. The van der Waals surface area contributed by atoms with Crippen LogP contribution >= 0.6 is 11.6 Å². The third kappa shape index (κ3) is 5.02. The van der Waals surface area contributed by atoms with E-state index in [9.17, 15) is 9.90 Å². The molecule has 2 N–H and O–H groups in total. The SMILES string of the molecule is CC(C)(C)CC(O)CNC(=O)c1cnccc1Cl. The number of aliphatic hydroxyl groups excluding tert-OH is 1. The molecule has 0 radical (unpaired) electrons. The van der Waals surface area contributed by atoms with Gasteiger partial charge in [0, 0.05) is 18.9 Å². The Labute approximate surface area is 112 Å². The van der Waals surface area contributed by atoms with Crippen LogP contribution in [0.5, 0.6) is 0 Å². The Balaban J connectivity index is 2.50. The minimum absolute atomic E-state index is 0.0239. The Morgan fingerprint density at radius 2 is 2.22 bits per heavy atom. The number of nitrogens with one attached hydrogen (secondary N) is 1. The average molecular weight is 271 g/mol. The Hall–Kier alpha value is -1.13. The second-order valence-corrected chi connectivity index (χ2v) is 5.89. The Morgan fingerprint density at radius 1 is 1.56 bits per heavy atom. The zero-order valence-electron chi connectivity index (χ0n) is 10.9. The number of aromatic nitrogens is 1. The molecule has 0 aromatic carbocycles. The van der Waals surface area contributed by atoms with Crippen molar-refractivity contribution in [3.8, 4) is 0 Å². The summed E-state index contributed by atoms with van der Waals surface area (Å²) >= 11 is 5.88. The lowest BCUT2D eigenvalue weighted by Crippen LogP contribution is -2.34. The molecule has 0 saturated carbocycles. The van der Waals surface area contributed by atoms with E-state index < -0.39 is 6.10 Å². The molecule has 5 heteroatoms. The van der Waals surface area contributed by atoms with Gasteiger partial charge in [-0.05, 0) is 17.9 Å². The van der Waals surface area contributed by atoms with Crippen molar-refractivity contribution in [1.29, 1.82) is 0 Å². The average Bonchev–Trinajstić information content (AvgIpc) is 2.24. The molecular weight excluding hydrogens is 252 g/mol. The van der Waals surface area contributed by atoms with Gasteiger partial charge in [-0.3, -0.25) is 9.78 Å². The quantitative estimate of drug-likeness (QED) is 0.882. The predicted octanol–water partition coefficient (Wildman–Crippen LogP) is 2.26. The van der Waals surface area contributed by atoms with Gasteiger partial charge in [-0.25, -0.2) is 0 Å². The maximum absolute atomic E-state index is 11.8. The van der Waals surface area contributed by atoms with Gasteiger partial charge < -0.3 is 10.4 Å². The summed E-state index contributed by atoms with van der Waals surface area (Å²) in [5, 5.41) is 12.8. The van der Waals surface area contributed by atoms with Crippen molar-refractivity contribution < 1.29 is 9.90 Å². The van der Waals surface area contributed by atoms with Crippen LogP contribution in [0.25, 0.3) is 0 Å². The molecule has 100 valence electrons. The molecule has 0 aliphatic heterocycles. The first-order valence-corrected chi connectivity index (χ1v) is 6.23. The second kappa shape index (κ2) is 6.16. The highest BCUT2D eigenvalue weighted by Gasteiger charge is 2.18. The van der Waals surface area contributed by atoms with Crippen LogP contribution in [0.1, 0.15) is 37.6 Å². The van der Waals surface area contributed by atoms with Crippen LogP contribution in [0.2, 0.25) is 5.02 Å². The fourth-order valence-electron chi connectivity index (χ4n) is 1.63. The topological polar surface area (TPSA) is 62.2 Å². The number of pyridine rings is 1. The molecule has 0 fully saturated rings. The van der Waals surface area contributed by atoms with Crippen molar-refractivity contribution in [3.63, 3.8) is 0 Å². The van der Waals surface area contributed by atoms with Gasteiger partial charge in [-0.2, -0.15) is 0 Å². The molecule has 1 aromatic heterocycles. The maximum Gasteiger partial charge on any atom is 0.254 e. The number of carbonyl (C=O) groups is 1. The highest BCUT2D eigenvalue weighted by Crippen LogP contribution is 2.20. The Kier molecular flexibility index (Phi) is 5.11. The van der Waals surface area contributed by atoms with Crippen LogP contribution < -0.4 is 5.32 Å². The number of rotatable bonds is 4. The molecule has 0 aliphatic carbocycles. The van der Waals surface area contributed by atoms with Crippen molar-refractivity contribution in [2.75, 3.05) is 6.54 Å². The molecular formula is C13H19ClN2O2. The Bertz CT molecular complexity index is 416. The van der Waals surface area contributed by atoms with Crippen molar-refractivity contribution in [2.24, 2.45) is 5.41 Å². The number of carbonyl (C=O) groups excluding carboxylic acids is 1.